The monoisotopic (exact) mass is 216 g/mol. The van der Waals surface area contributed by atoms with Crippen molar-refractivity contribution >= 4 is 0 Å². The second-order valence-electron chi connectivity index (χ2n) is 4.12. The molecule has 3 heteroatoms. The molecule has 0 bridgehead atoms. The summed E-state index contributed by atoms with van der Waals surface area (Å²) in [6, 6.07) is 10.0. The quantitative estimate of drug-likeness (QED) is 0.828. The van der Waals surface area contributed by atoms with Crippen LogP contribution < -0.4 is 0 Å². The van der Waals surface area contributed by atoms with Gasteiger partial charge in [-0.05, 0) is 5.92 Å². The van der Waals surface area contributed by atoms with Crippen LogP contribution in [0.4, 0.5) is 0 Å². The van der Waals surface area contributed by atoms with Crippen molar-refractivity contribution in [3.05, 3.63) is 41.9 Å². The average molecular weight is 216 g/mol. The van der Waals surface area contributed by atoms with Gasteiger partial charge in [0.2, 0.25) is 0 Å². The van der Waals surface area contributed by atoms with Gasteiger partial charge in [-0.15, -0.1) is 0 Å². The Morgan fingerprint density at radius 2 is 1.94 bits per heavy atom. The Morgan fingerprint density at radius 3 is 2.50 bits per heavy atom. The van der Waals surface area contributed by atoms with Crippen LogP contribution in [0.2, 0.25) is 0 Å². The molecule has 0 atom stereocenters. The number of benzene rings is 1. The number of nitrogens with one attached hydrogen (secondary N) is 1. The van der Waals surface area contributed by atoms with Crippen molar-refractivity contribution in [3.8, 4) is 11.3 Å². The van der Waals surface area contributed by atoms with E-state index in [1.165, 1.54) is 0 Å². The highest BCUT2D eigenvalue weighted by atomic mass is 16.3. The van der Waals surface area contributed by atoms with Crippen LogP contribution in [0, 0.1) is 0 Å². The van der Waals surface area contributed by atoms with Gasteiger partial charge >= 0.3 is 0 Å². The number of aromatic nitrogens is 2. The Bertz CT molecular complexity index is 460. The lowest BCUT2D eigenvalue weighted by Crippen LogP contribution is -1.91. The molecule has 1 aromatic heterocycles. The molecule has 0 unspecified atom stereocenters. The molecule has 0 aliphatic carbocycles. The van der Waals surface area contributed by atoms with Crippen molar-refractivity contribution in [1.29, 1.82) is 0 Å². The van der Waals surface area contributed by atoms with E-state index in [0.29, 0.717) is 11.7 Å². The topological polar surface area (TPSA) is 48.9 Å². The highest BCUT2D eigenvalue weighted by molar-refractivity contribution is 5.62. The molecule has 1 aromatic carbocycles. The molecule has 0 aliphatic rings. The average Bonchev–Trinajstić information content (AvgIpc) is 2.74. The molecule has 84 valence electrons. The largest absolute Gasteiger partial charge is 0.388 e. The Morgan fingerprint density at radius 1 is 1.25 bits per heavy atom. The number of aliphatic hydroxyl groups excluding tert-OH is 1. The number of hydrogen-bond acceptors (Lipinski definition) is 2. The lowest BCUT2D eigenvalue weighted by molar-refractivity contribution is 0.272. The van der Waals surface area contributed by atoms with Crippen LogP contribution in [0.25, 0.3) is 11.3 Å². The zero-order valence-electron chi connectivity index (χ0n) is 9.57. The SMILES string of the molecule is CC(C)c1[nH]c(CO)nc1-c1ccccc1. The minimum atomic E-state index is -0.0491. The summed E-state index contributed by atoms with van der Waals surface area (Å²) in [7, 11) is 0. The van der Waals surface area contributed by atoms with Crippen LogP contribution in [0.5, 0.6) is 0 Å². The zero-order valence-corrected chi connectivity index (χ0v) is 9.57. The van der Waals surface area contributed by atoms with E-state index in [1.54, 1.807) is 0 Å². The van der Waals surface area contributed by atoms with Gasteiger partial charge in [-0.1, -0.05) is 44.2 Å². The molecule has 0 fully saturated rings. The molecule has 0 aliphatic heterocycles. The van der Waals surface area contributed by atoms with E-state index in [-0.39, 0.29) is 6.61 Å². The maximum atomic E-state index is 9.11. The third-order valence-corrected chi connectivity index (χ3v) is 2.56. The van der Waals surface area contributed by atoms with E-state index in [1.807, 2.05) is 30.3 Å². The predicted molar refractivity (Wildman–Crippen MR) is 64.0 cm³/mol. The van der Waals surface area contributed by atoms with Crippen molar-refractivity contribution in [2.75, 3.05) is 0 Å². The summed E-state index contributed by atoms with van der Waals surface area (Å²) in [4.78, 5) is 7.58. The summed E-state index contributed by atoms with van der Waals surface area (Å²) in [6.07, 6.45) is 0. The molecule has 0 amide bonds. The molecular formula is C13H16N2O. The van der Waals surface area contributed by atoms with Crippen LogP contribution in [-0.4, -0.2) is 15.1 Å². The number of hydrogen-bond donors (Lipinski definition) is 2. The van der Waals surface area contributed by atoms with E-state index in [4.69, 9.17) is 5.11 Å². The Labute approximate surface area is 95.2 Å². The van der Waals surface area contributed by atoms with Gasteiger partial charge in [0, 0.05) is 11.3 Å². The standard InChI is InChI=1S/C13H16N2O/c1-9(2)12-13(15-11(8-16)14-12)10-6-4-3-5-7-10/h3-7,9,16H,8H2,1-2H3,(H,14,15). The predicted octanol–water partition coefficient (Wildman–Crippen LogP) is 2.69. The van der Waals surface area contributed by atoms with Crippen LogP contribution in [0.15, 0.2) is 30.3 Å². The highest BCUT2D eigenvalue weighted by Crippen LogP contribution is 2.26. The fraction of sp³-hybridized carbons (Fsp3) is 0.308. The van der Waals surface area contributed by atoms with Gasteiger partial charge in [-0.2, -0.15) is 0 Å². The van der Waals surface area contributed by atoms with E-state index in [9.17, 15) is 0 Å². The maximum Gasteiger partial charge on any atom is 0.132 e. The molecule has 0 saturated carbocycles. The minimum absolute atomic E-state index is 0.0491. The number of imidazole rings is 1. The molecule has 2 rings (SSSR count). The number of aromatic amines is 1. The normalized spacial score (nSPS) is 11.0. The van der Waals surface area contributed by atoms with Crippen molar-refractivity contribution in [3.63, 3.8) is 0 Å². The lowest BCUT2D eigenvalue weighted by Gasteiger charge is -2.05. The number of nitrogens with zero attached hydrogens (tertiary/aromatic N) is 1. The van der Waals surface area contributed by atoms with Crippen molar-refractivity contribution in [2.24, 2.45) is 0 Å². The highest BCUT2D eigenvalue weighted by Gasteiger charge is 2.13. The zero-order chi connectivity index (χ0) is 11.5. The summed E-state index contributed by atoms with van der Waals surface area (Å²) in [5.74, 6) is 0.991. The summed E-state index contributed by atoms with van der Waals surface area (Å²) in [5.41, 5.74) is 3.11. The summed E-state index contributed by atoms with van der Waals surface area (Å²) < 4.78 is 0. The van der Waals surface area contributed by atoms with Crippen LogP contribution in [0.3, 0.4) is 0 Å². The van der Waals surface area contributed by atoms with Crippen molar-refractivity contribution < 1.29 is 5.11 Å². The summed E-state index contributed by atoms with van der Waals surface area (Å²) in [5, 5.41) is 9.11. The van der Waals surface area contributed by atoms with Crippen molar-refractivity contribution in [2.45, 2.75) is 26.4 Å². The van der Waals surface area contributed by atoms with Crippen LogP contribution >= 0.6 is 0 Å². The third kappa shape index (κ3) is 1.99. The Balaban J connectivity index is 2.51. The van der Waals surface area contributed by atoms with Gasteiger partial charge in [0.15, 0.2) is 0 Å². The first-order valence-corrected chi connectivity index (χ1v) is 5.47. The second-order valence-corrected chi connectivity index (χ2v) is 4.12. The van der Waals surface area contributed by atoms with Gasteiger partial charge in [0.25, 0.3) is 0 Å². The molecule has 3 nitrogen and oxygen atoms in total. The van der Waals surface area contributed by atoms with E-state index in [2.05, 4.69) is 23.8 Å². The Hall–Kier alpha value is -1.61. The number of H-pyrrole nitrogens is 1. The van der Waals surface area contributed by atoms with E-state index < -0.39 is 0 Å². The summed E-state index contributed by atoms with van der Waals surface area (Å²) >= 11 is 0. The van der Waals surface area contributed by atoms with Gasteiger partial charge in [-0.25, -0.2) is 4.98 Å². The van der Waals surface area contributed by atoms with Crippen LogP contribution in [-0.2, 0) is 6.61 Å². The molecular weight excluding hydrogens is 200 g/mol. The van der Waals surface area contributed by atoms with Gasteiger partial charge in [-0.3, -0.25) is 0 Å². The third-order valence-electron chi connectivity index (χ3n) is 2.56. The molecule has 0 radical (unpaired) electrons. The molecule has 0 saturated heterocycles. The number of rotatable bonds is 3. The van der Waals surface area contributed by atoms with Gasteiger partial charge < -0.3 is 10.1 Å². The smallest absolute Gasteiger partial charge is 0.132 e. The molecule has 16 heavy (non-hydrogen) atoms. The fourth-order valence-corrected chi connectivity index (χ4v) is 1.75. The minimum Gasteiger partial charge on any atom is -0.388 e. The first-order valence-electron chi connectivity index (χ1n) is 5.47. The van der Waals surface area contributed by atoms with Crippen LogP contribution in [0.1, 0.15) is 31.3 Å². The number of aliphatic hydroxyl groups is 1. The van der Waals surface area contributed by atoms with Crippen molar-refractivity contribution in [1.82, 2.24) is 9.97 Å². The molecule has 0 spiro atoms. The van der Waals surface area contributed by atoms with Gasteiger partial charge in [0.05, 0.1) is 5.69 Å². The lowest BCUT2D eigenvalue weighted by atomic mass is 10.0. The maximum absolute atomic E-state index is 9.11. The first kappa shape index (κ1) is 10.9. The summed E-state index contributed by atoms with van der Waals surface area (Å²) in [6.45, 7) is 4.18. The fourth-order valence-electron chi connectivity index (χ4n) is 1.75. The second kappa shape index (κ2) is 4.49. The van der Waals surface area contributed by atoms with Gasteiger partial charge in [0.1, 0.15) is 12.4 Å². The van der Waals surface area contributed by atoms with E-state index >= 15 is 0 Å². The van der Waals surface area contributed by atoms with E-state index in [0.717, 1.165) is 17.0 Å². The molecule has 2 aromatic rings. The first-order chi connectivity index (χ1) is 7.72. The molecule has 2 N–H and O–H groups in total. The molecule has 1 heterocycles. The Kier molecular flexibility index (Phi) is 3.06.